The van der Waals surface area contributed by atoms with Gasteiger partial charge in [-0.25, -0.2) is 9.37 Å². The summed E-state index contributed by atoms with van der Waals surface area (Å²) in [5.74, 6) is 0.337. The molecule has 1 aromatic heterocycles. The van der Waals surface area contributed by atoms with Gasteiger partial charge in [0.1, 0.15) is 11.9 Å². The van der Waals surface area contributed by atoms with Crippen LogP contribution in [0.5, 0.6) is 0 Å². The maximum absolute atomic E-state index is 12.9. The van der Waals surface area contributed by atoms with E-state index in [-0.39, 0.29) is 5.82 Å². The molecule has 0 aliphatic carbocycles. The van der Waals surface area contributed by atoms with Gasteiger partial charge in [-0.2, -0.15) is 0 Å². The van der Waals surface area contributed by atoms with Gasteiger partial charge in [0.15, 0.2) is 5.76 Å². The summed E-state index contributed by atoms with van der Waals surface area (Å²) in [6.07, 6.45) is 0.727. The van der Waals surface area contributed by atoms with E-state index in [1.807, 2.05) is 0 Å². The zero-order valence-electron chi connectivity index (χ0n) is 8.14. The summed E-state index contributed by atoms with van der Waals surface area (Å²) in [6.45, 7) is 1.58. The molecule has 1 aromatic carbocycles. The van der Waals surface area contributed by atoms with Crippen molar-refractivity contribution in [1.29, 1.82) is 0 Å². The average molecular weight is 207 g/mol. The molecule has 0 saturated carbocycles. The van der Waals surface area contributed by atoms with E-state index < -0.39 is 6.10 Å². The van der Waals surface area contributed by atoms with Crippen LogP contribution in [0.2, 0.25) is 0 Å². The second-order valence-corrected chi connectivity index (χ2v) is 3.25. The van der Waals surface area contributed by atoms with E-state index in [0.717, 1.165) is 0 Å². The highest BCUT2D eigenvalue weighted by Gasteiger charge is 2.10. The van der Waals surface area contributed by atoms with Crippen molar-refractivity contribution in [2.45, 2.75) is 13.0 Å². The molecule has 78 valence electrons. The number of oxazole rings is 1. The minimum atomic E-state index is -0.709. The molecule has 1 heterocycles. The van der Waals surface area contributed by atoms with E-state index in [0.29, 0.717) is 17.2 Å². The van der Waals surface area contributed by atoms with Gasteiger partial charge in [-0.1, -0.05) is 6.07 Å². The van der Waals surface area contributed by atoms with E-state index >= 15 is 0 Å². The summed E-state index contributed by atoms with van der Waals surface area (Å²) < 4.78 is 18.2. The molecule has 1 N–H and O–H groups in total. The first kappa shape index (κ1) is 9.86. The topological polar surface area (TPSA) is 46.3 Å². The van der Waals surface area contributed by atoms with Crippen LogP contribution < -0.4 is 0 Å². The van der Waals surface area contributed by atoms with Gasteiger partial charge < -0.3 is 9.52 Å². The summed E-state index contributed by atoms with van der Waals surface area (Å²) in [6, 6.07) is 5.96. The molecule has 1 unspecified atom stereocenters. The molecular formula is C11H10FNO2. The van der Waals surface area contributed by atoms with Gasteiger partial charge in [0.25, 0.3) is 0 Å². The van der Waals surface area contributed by atoms with Gasteiger partial charge >= 0.3 is 0 Å². The van der Waals surface area contributed by atoms with E-state index in [1.54, 1.807) is 19.1 Å². The maximum atomic E-state index is 12.9. The summed E-state index contributed by atoms with van der Waals surface area (Å²) in [4.78, 5) is 3.96. The number of nitrogens with zero attached hydrogens (tertiary/aromatic N) is 1. The first-order valence-electron chi connectivity index (χ1n) is 4.56. The van der Waals surface area contributed by atoms with Crippen LogP contribution in [0.3, 0.4) is 0 Å². The Morgan fingerprint density at radius 2 is 2.27 bits per heavy atom. The Balaban J connectivity index is 2.37. The second-order valence-electron chi connectivity index (χ2n) is 3.25. The third kappa shape index (κ3) is 2.05. The van der Waals surface area contributed by atoms with Crippen molar-refractivity contribution in [1.82, 2.24) is 4.98 Å². The van der Waals surface area contributed by atoms with Crippen LogP contribution in [0.1, 0.15) is 18.8 Å². The molecule has 0 radical (unpaired) electrons. The Morgan fingerprint density at radius 3 is 2.87 bits per heavy atom. The Hall–Kier alpha value is -1.68. The van der Waals surface area contributed by atoms with Gasteiger partial charge in [-0.15, -0.1) is 0 Å². The molecule has 0 spiro atoms. The summed E-state index contributed by atoms with van der Waals surface area (Å²) in [5, 5.41) is 9.23. The minimum Gasteiger partial charge on any atom is -0.438 e. The summed E-state index contributed by atoms with van der Waals surface area (Å²) in [5.41, 5.74) is 0.557. The molecule has 0 fully saturated rings. The van der Waals surface area contributed by atoms with E-state index in [1.165, 1.54) is 18.3 Å². The second kappa shape index (κ2) is 3.82. The normalized spacial score (nSPS) is 12.7. The van der Waals surface area contributed by atoms with Crippen molar-refractivity contribution in [2.75, 3.05) is 0 Å². The van der Waals surface area contributed by atoms with Crippen LogP contribution in [-0.4, -0.2) is 10.1 Å². The van der Waals surface area contributed by atoms with Crippen molar-refractivity contribution < 1.29 is 13.9 Å². The van der Waals surface area contributed by atoms with Crippen molar-refractivity contribution in [2.24, 2.45) is 0 Å². The number of rotatable bonds is 2. The molecule has 2 rings (SSSR count). The highest BCUT2D eigenvalue weighted by Crippen LogP contribution is 2.22. The standard InChI is InChI=1S/C11H10FNO2/c1-7(14)10-6-13-11(15-10)8-3-2-4-9(12)5-8/h2-7,14H,1H3. The largest absolute Gasteiger partial charge is 0.438 e. The molecule has 0 amide bonds. The molecule has 2 aromatic rings. The fourth-order valence-electron chi connectivity index (χ4n) is 1.23. The van der Waals surface area contributed by atoms with Gasteiger partial charge in [-0.05, 0) is 25.1 Å². The van der Waals surface area contributed by atoms with E-state index in [4.69, 9.17) is 4.42 Å². The smallest absolute Gasteiger partial charge is 0.226 e. The maximum Gasteiger partial charge on any atom is 0.226 e. The number of aliphatic hydroxyl groups is 1. The Labute approximate surface area is 86.2 Å². The third-order valence-electron chi connectivity index (χ3n) is 2.01. The Morgan fingerprint density at radius 1 is 1.47 bits per heavy atom. The number of halogens is 1. The minimum absolute atomic E-state index is 0.311. The van der Waals surface area contributed by atoms with Crippen molar-refractivity contribution in [3.05, 3.63) is 42.0 Å². The lowest BCUT2D eigenvalue weighted by molar-refractivity contribution is 0.170. The zero-order valence-corrected chi connectivity index (χ0v) is 8.14. The SMILES string of the molecule is CC(O)c1cnc(-c2cccc(F)c2)o1. The monoisotopic (exact) mass is 207 g/mol. The predicted molar refractivity (Wildman–Crippen MR) is 52.5 cm³/mol. The fraction of sp³-hybridized carbons (Fsp3) is 0.182. The van der Waals surface area contributed by atoms with Crippen LogP contribution in [0.4, 0.5) is 4.39 Å². The molecule has 3 nitrogen and oxygen atoms in total. The predicted octanol–water partition coefficient (Wildman–Crippen LogP) is 2.53. The highest BCUT2D eigenvalue weighted by molar-refractivity contribution is 5.52. The third-order valence-corrected chi connectivity index (χ3v) is 2.01. The Bertz CT molecular complexity index is 465. The van der Waals surface area contributed by atoms with Crippen LogP contribution in [0.15, 0.2) is 34.9 Å². The fourth-order valence-corrected chi connectivity index (χ4v) is 1.23. The van der Waals surface area contributed by atoms with Gasteiger partial charge in [0.05, 0.1) is 6.20 Å². The summed E-state index contributed by atoms with van der Waals surface area (Å²) in [7, 11) is 0. The van der Waals surface area contributed by atoms with Gasteiger partial charge in [0.2, 0.25) is 5.89 Å². The highest BCUT2D eigenvalue weighted by atomic mass is 19.1. The average Bonchev–Trinajstić information content (AvgIpc) is 2.66. The molecular weight excluding hydrogens is 197 g/mol. The molecule has 0 bridgehead atoms. The number of benzene rings is 1. The lowest BCUT2D eigenvalue weighted by atomic mass is 10.2. The number of hydrogen-bond donors (Lipinski definition) is 1. The summed E-state index contributed by atoms with van der Waals surface area (Å²) >= 11 is 0. The molecule has 0 aliphatic rings. The molecule has 1 atom stereocenters. The van der Waals surface area contributed by atoms with Crippen LogP contribution >= 0.6 is 0 Å². The zero-order chi connectivity index (χ0) is 10.8. The Kier molecular flexibility index (Phi) is 2.51. The number of aromatic nitrogens is 1. The van der Waals surface area contributed by atoms with Crippen molar-refractivity contribution in [3.8, 4) is 11.5 Å². The van der Waals surface area contributed by atoms with E-state index in [9.17, 15) is 9.50 Å². The number of aliphatic hydroxyl groups excluding tert-OH is 1. The van der Waals surface area contributed by atoms with Crippen LogP contribution in [-0.2, 0) is 0 Å². The first-order valence-corrected chi connectivity index (χ1v) is 4.56. The lowest BCUT2D eigenvalue weighted by Crippen LogP contribution is -1.85. The van der Waals surface area contributed by atoms with Gasteiger partial charge in [-0.3, -0.25) is 0 Å². The van der Waals surface area contributed by atoms with Crippen LogP contribution in [0, 0.1) is 5.82 Å². The number of hydrogen-bond acceptors (Lipinski definition) is 3. The molecule has 0 aliphatic heterocycles. The molecule has 15 heavy (non-hydrogen) atoms. The molecule has 0 saturated heterocycles. The van der Waals surface area contributed by atoms with Crippen LogP contribution in [0.25, 0.3) is 11.5 Å². The first-order chi connectivity index (χ1) is 7.16. The quantitative estimate of drug-likeness (QED) is 0.823. The van der Waals surface area contributed by atoms with Crippen molar-refractivity contribution in [3.63, 3.8) is 0 Å². The van der Waals surface area contributed by atoms with E-state index in [2.05, 4.69) is 4.98 Å². The van der Waals surface area contributed by atoms with Gasteiger partial charge in [0, 0.05) is 5.56 Å². The molecule has 4 heteroatoms. The van der Waals surface area contributed by atoms with Crippen molar-refractivity contribution >= 4 is 0 Å². The lowest BCUT2D eigenvalue weighted by Gasteiger charge is -1.97.